The molecule has 6 heteroatoms. The Morgan fingerprint density at radius 2 is 2.33 bits per heavy atom. The molecule has 15 heavy (non-hydrogen) atoms. The van der Waals surface area contributed by atoms with E-state index in [1.54, 1.807) is 17.0 Å². The number of ether oxygens (including phenoxy) is 1. The normalized spacial score (nSPS) is 20.8. The van der Waals surface area contributed by atoms with Crippen molar-refractivity contribution < 1.29 is 9.53 Å². The predicted molar refractivity (Wildman–Crippen MR) is 58.3 cm³/mol. The van der Waals surface area contributed by atoms with E-state index in [1.165, 1.54) is 7.11 Å². The molecule has 80 valence electrons. The van der Waals surface area contributed by atoms with Crippen LogP contribution in [0.5, 0.6) is 5.88 Å². The molecule has 1 aliphatic rings. The topological polar surface area (TPSA) is 55.3 Å². The Morgan fingerprint density at radius 1 is 1.53 bits per heavy atom. The van der Waals surface area contributed by atoms with Crippen LogP contribution in [0.3, 0.4) is 0 Å². The van der Waals surface area contributed by atoms with Crippen LogP contribution >= 0.6 is 12.6 Å². The smallest absolute Gasteiger partial charge is 0.233 e. The van der Waals surface area contributed by atoms with Crippen LogP contribution in [0.25, 0.3) is 0 Å². The van der Waals surface area contributed by atoms with Gasteiger partial charge in [0.25, 0.3) is 0 Å². The summed E-state index contributed by atoms with van der Waals surface area (Å²) in [6.07, 6.45) is 0.455. The SMILES string of the molecule is COc1ccc(N2CC(S)CC2=O)nn1. The molecule has 1 atom stereocenters. The van der Waals surface area contributed by atoms with Gasteiger partial charge < -0.3 is 4.74 Å². The molecule has 0 aliphatic carbocycles. The first-order valence-electron chi connectivity index (χ1n) is 4.57. The lowest BCUT2D eigenvalue weighted by molar-refractivity contribution is -0.117. The Balaban J connectivity index is 2.19. The van der Waals surface area contributed by atoms with Crippen LogP contribution in [-0.4, -0.2) is 35.0 Å². The number of carbonyl (C=O) groups excluding carboxylic acids is 1. The number of amides is 1. The van der Waals surface area contributed by atoms with E-state index in [1.807, 2.05) is 0 Å². The van der Waals surface area contributed by atoms with Gasteiger partial charge in [0.05, 0.1) is 7.11 Å². The van der Waals surface area contributed by atoms with Crippen molar-refractivity contribution in [3.05, 3.63) is 12.1 Å². The molecule has 0 spiro atoms. The highest BCUT2D eigenvalue weighted by Gasteiger charge is 2.29. The maximum atomic E-state index is 11.5. The summed E-state index contributed by atoms with van der Waals surface area (Å²) in [5, 5.41) is 7.81. The summed E-state index contributed by atoms with van der Waals surface area (Å²) >= 11 is 4.26. The second kappa shape index (κ2) is 4.06. The molecule has 1 saturated heterocycles. The number of rotatable bonds is 2. The van der Waals surface area contributed by atoms with Crippen LogP contribution in [-0.2, 0) is 4.79 Å². The highest BCUT2D eigenvalue weighted by molar-refractivity contribution is 7.81. The summed E-state index contributed by atoms with van der Waals surface area (Å²) in [4.78, 5) is 13.1. The number of methoxy groups -OCH3 is 1. The summed E-state index contributed by atoms with van der Waals surface area (Å²) in [7, 11) is 1.52. The lowest BCUT2D eigenvalue weighted by Gasteiger charge is -2.13. The van der Waals surface area contributed by atoms with E-state index in [4.69, 9.17) is 4.74 Å². The molecule has 2 rings (SSSR count). The fourth-order valence-electron chi connectivity index (χ4n) is 1.48. The molecular formula is C9H11N3O2S. The van der Waals surface area contributed by atoms with Crippen molar-refractivity contribution in [1.82, 2.24) is 10.2 Å². The van der Waals surface area contributed by atoms with E-state index in [0.29, 0.717) is 24.7 Å². The largest absolute Gasteiger partial charge is 0.480 e. The zero-order valence-electron chi connectivity index (χ0n) is 8.25. The molecule has 1 aromatic rings. The quantitative estimate of drug-likeness (QED) is 0.746. The average Bonchev–Trinajstić information content (AvgIpc) is 2.58. The number of hydrogen-bond acceptors (Lipinski definition) is 5. The van der Waals surface area contributed by atoms with Gasteiger partial charge >= 0.3 is 0 Å². The first kappa shape index (κ1) is 10.2. The third-order valence-electron chi connectivity index (χ3n) is 2.22. The zero-order chi connectivity index (χ0) is 10.8. The minimum atomic E-state index is 0.0365. The Hall–Kier alpha value is -1.30. The van der Waals surface area contributed by atoms with E-state index in [9.17, 15) is 4.79 Å². The standard InChI is InChI=1S/C9H11N3O2S/c1-14-8-3-2-7(10-11-8)12-5-6(15)4-9(12)13/h2-3,6,15H,4-5H2,1H3. The number of carbonyl (C=O) groups is 1. The van der Waals surface area contributed by atoms with Crippen LogP contribution in [0.1, 0.15) is 6.42 Å². The van der Waals surface area contributed by atoms with E-state index in [-0.39, 0.29) is 11.2 Å². The molecule has 5 nitrogen and oxygen atoms in total. The Labute approximate surface area is 92.8 Å². The van der Waals surface area contributed by atoms with E-state index in [2.05, 4.69) is 22.8 Å². The van der Waals surface area contributed by atoms with Crippen molar-refractivity contribution >= 4 is 24.4 Å². The molecule has 1 aromatic heterocycles. The van der Waals surface area contributed by atoms with Crippen molar-refractivity contribution in [1.29, 1.82) is 0 Å². The van der Waals surface area contributed by atoms with Gasteiger partial charge in [-0.25, -0.2) is 0 Å². The Bertz CT molecular complexity index is 368. The average molecular weight is 225 g/mol. The number of thiol groups is 1. The molecular weight excluding hydrogens is 214 g/mol. The molecule has 0 bridgehead atoms. The maximum absolute atomic E-state index is 11.5. The molecule has 0 saturated carbocycles. The molecule has 0 radical (unpaired) electrons. The minimum absolute atomic E-state index is 0.0365. The third kappa shape index (κ3) is 2.04. The van der Waals surface area contributed by atoms with Crippen LogP contribution < -0.4 is 9.64 Å². The number of nitrogens with zero attached hydrogens (tertiary/aromatic N) is 3. The van der Waals surface area contributed by atoms with Crippen molar-refractivity contribution in [3.63, 3.8) is 0 Å². The van der Waals surface area contributed by atoms with Crippen LogP contribution in [0.4, 0.5) is 5.82 Å². The highest BCUT2D eigenvalue weighted by Crippen LogP contribution is 2.22. The van der Waals surface area contributed by atoms with Gasteiger partial charge in [0.1, 0.15) is 0 Å². The molecule has 1 amide bonds. The van der Waals surface area contributed by atoms with Gasteiger partial charge in [-0.1, -0.05) is 0 Å². The third-order valence-corrected chi connectivity index (χ3v) is 2.56. The molecule has 0 N–H and O–H groups in total. The maximum Gasteiger partial charge on any atom is 0.233 e. The molecule has 1 fully saturated rings. The van der Waals surface area contributed by atoms with Gasteiger partial charge in [0, 0.05) is 24.3 Å². The zero-order valence-corrected chi connectivity index (χ0v) is 9.15. The fraction of sp³-hybridized carbons (Fsp3) is 0.444. The van der Waals surface area contributed by atoms with Crippen LogP contribution in [0.15, 0.2) is 12.1 Å². The first-order chi connectivity index (χ1) is 7.20. The molecule has 1 unspecified atom stereocenters. The minimum Gasteiger partial charge on any atom is -0.480 e. The van der Waals surface area contributed by atoms with E-state index in [0.717, 1.165) is 0 Å². The predicted octanol–water partition coefficient (Wildman–Crippen LogP) is 0.520. The number of hydrogen-bond donors (Lipinski definition) is 1. The molecule has 1 aliphatic heterocycles. The summed E-state index contributed by atoms with van der Waals surface area (Å²) in [6.45, 7) is 0.586. The van der Waals surface area contributed by atoms with Gasteiger partial charge in [0.15, 0.2) is 5.82 Å². The second-order valence-corrected chi connectivity index (χ2v) is 4.03. The van der Waals surface area contributed by atoms with Gasteiger partial charge in [-0.3, -0.25) is 9.69 Å². The van der Waals surface area contributed by atoms with Gasteiger partial charge in [-0.05, 0) is 6.07 Å². The summed E-state index contributed by atoms with van der Waals surface area (Å²) in [5.74, 6) is 1.03. The van der Waals surface area contributed by atoms with Crippen LogP contribution in [0.2, 0.25) is 0 Å². The van der Waals surface area contributed by atoms with Crippen molar-refractivity contribution in [2.75, 3.05) is 18.6 Å². The van der Waals surface area contributed by atoms with Crippen LogP contribution in [0, 0.1) is 0 Å². The van der Waals surface area contributed by atoms with Gasteiger partial charge in [-0.15, -0.1) is 10.2 Å². The summed E-state index contributed by atoms with van der Waals surface area (Å²) in [6, 6.07) is 3.40. The lowest BCUT2D eigenvalue weighted by Crippen LogP contribution is -2.25. The van der Waals surface area contributed by atoms with E-state index >= 15 is 0 Å². The number of aromatic nitrogens is 2. The van der Waals surface area contributed by atoms with Crippen molar-refractivity contribution in [3.8, 4) is 5.88 Å². The molecule has 0 aromatic carbocycles. The first-order valence-corrected chi connectivity index (χ1v) is 5.08. The van der Waals surface area contributed by atoms with Crippen molar-refractivity contribution in [2.24, 2.45) is 0 Å². The van der Waals surface area contributed by atoms with E-state index < -0.39 is 0 Å². The number of anilines is 1. The molecule has 2 heterocycles. The monoisotopic (exact) mass is 225 g/mol. The summed E-state index contributed by atoms with van der Waals surface area (Å²) in [5.41, 5.74) is 0. The lowest BCUT2D eigenvalue weighted by atomic mass is 10.4. The van der Waals surface area contributed by atoms with Gasteiger partial charge in [-0.2, -0.15) is 12.6 Å². The van der Waals surface area contributed by atoms with Crippen molar-refractivity contribution in [2.45, 2.75) is 11.7 Å². The van der Waals surface area contributed by atoms with Gasteiger partial charge in [0.2, 0.25) is 11.8 Å². The second-order valence-electron chi connectivity index (χ2n) is 3.30. The highest BCUT2D eigenvalue weighted by atomic mass is 32.1. The Morgan fingerprint density at radius 3 is 2.80 bits per heavy atom. The summed E-state index contributed by atoms with van der Waals surface area (Å²) < 4.78 is 4.89. The fourth-order valence-corrected chi connectivity index (χ4v) is 1.80. The Kier molecular flexibility index (Phi) is 2.77.